The third-order valence-corrected chi connectivity index (χ3v) is 6.22. The van der Waals surface area contributed by atoms with Crippen LogP contribution in [0.25, 0.3) is 0 Å². The number of allylic oxidation sites excluding steroid dienone is 1. The van der Waals surface area contributed by atoms with Gasteiger partial charge in [0.25, 0.3) is 5.91 Å². The van der Waals surface area contributed by atoms with E-state index in [1.807, 2.05) is 12.1 Å². The molecule has 1 saturated heterocycles. The van der Waals surface area contributed by atoms with Crippen molar-refractivity contribution in [1.29, 1.82) is 0 Å². The van der Waals surface area contributed by atoms with Gasteiger partial charge in [-0.1, -0.05) is 30.8 Å². The Bertz CT molecular complexity index is 1020. The van der Waals surface area contributed by atoms with Crippen molar-refractivity contribution in [3.8, 4) is 0 Å². The van der Waals surface area contributed by atoms with Crippen LogP contribution in [0.3, 0.4) is 0 Å². The summed E-state index contributed by atoms with van der Waals surface area (Å²) in [5.74, 6) is 0.714. The number of hydrogen-bond acceptors (Lipinski definition) is 10. The molecule has 11 nitrogen and oxygen atoms in total. The summed E-state index contributed by atoms with van der Waals surface area (Å²) in [7, 11) is 1.36. The number of carbonyl (C=O) groups excluding carboxylic acids is 2. The highest BCUT2D eigenvalue weighted by Gasteiger charge is 2.21. The maximum Gasteiger partial charge on any atom is 0.326 e. The molecule has 1 aromatic heterocycles. The molecule has 1 aliphatic rings. The number of anilines is 1. The van der Waals surface area contributed by atoms with E-state index in [-0.39, 0.29) is 18.1 Å². The molecule has 11 heteroatoms. The predicted octanol–water partition coefficient (Wildman–Crippen LogP) is 1.78. The van der Waals surface area contributed by atoms with Gasteiger partial charge in [0.2, 0.25) is 5.95 Å². The second kappa shape index (κ2) is 14.3. The predicted molar refractivity (Wildman–Crippen MR) is 138 cm³/mol. The van der Waals surface area contributed by atoms with Crippen LogP contribution in [0.2, 0.25) is 0 Å². The monoisotopic (exact) mass is 512 g/mol. The van der Waals surface area contributed by atoms with Crippen LogP contribution in [0.1, 0.15) is 41.3 Å². The highest BCUT2D eigenvalue weighted by atomic mass is 16.5. The van der Waals surface area contributed by atoms with E-state index in [0.717, 1.165) is 44.6 Å². The molecular weight excluding hydrogens is 476 g/mol. The number of amides is 1. The van der Waals surface area contributed by atoms with Crippen LogP contribution in [-0.2, 0) is 27.4 Å². The van der Waals surface area contributed by atoms with Gasteiger partial charge in [-0.05, 0) is 43.4 Å². The molecule has 1 atom stereocenters. The summed E-state index contributed by atoms with van der Waals surface area (Å²) in [6.07, 6.45) is 4.88. The first-order chi connectivity index (χ1) is 17.9. The SMILES string of the molecule is C=C(C)OC[C@H](NCc1ccc(CNCC2CCN(c3ncc(C(=O)NO)cn3)CC2)cc1)C(=O)OC. The Morgan fingerprint density at radius 2 is 1.76 bits per heavy atom. The van der Waals surface area contributed by atoms with E-state index in [1.54, 1.807) is 12.4 Å². The standard InChI is InChI=1S/C26H36N6O5/c1-18(2)37-17-23(25(34)36-3)28-14-20-6-4-19(5-7-20)12-27-13-21-8-10-32(11-9-21)26-29-15-22(16-30-26)24(33)31-35/h4-7,15-16,21,23,27-28,35H,1,8-14,17H2,2-3H3,(H,31,33)/t23-/m0/s1. The number of nitrogens with zero attached hydrogens (tertiary/aromatic N) is 3. The molecule has 4 N–H and O–H groups in total. The average molecular weight is 513 g/mol. The van der Waals surface area contributed by atoms with Crippen LogP contribution in [-0.4, -0.2) is 66.4 Å². The second-order valence-corrected chi connectivity index (χ2v) is 9.06. The Morgan fingerprint density at radius 1 is 1.14 bits per heavy atom. The van der Waals surface area contributed by atoms with Gasteiger partial charge in [0, 0.05) is 38.6 Å². The summed E-state index contributed by atoms with van der Waals surface area (Å²) < 4.78 is 10.2. The smallest absolute Gasteiger partial charge is 0.326 e. The van der Waals surface area contributed by atoms with Crippen molar-refractivity contribution in [2.75, 3.05) is 38.3 Å². The summed E-state index contributed by atoms with van der Waals surface area (Å²) in [6, 6.07) is 7.70. The molecule has 0 saturated carbocycles. The normalized spacial score (nSPS) is 14.6. The fraction of sp³-hybridized carbons (Fsp3) is 0.462. The number of hydrogen-bond donors (Lipinski definition) is 4. The molecule has 2 aromatic rings. The third kappa shape index (κ3) is 8.81. The van der Waals surface area contributed by atoms with Crippen molar-refractivity contribution < 1.29 is 24.3 Å². The minimum Gasteiger partial charge on any atom is -0.497 e. The zero-order valence-corrected chi connectivity index (χ0v) is 21.4. The maximum atomic E-state index is 12.0. The zero-order chi connectivity index (χ0) is 26.6. The minimum absolute atomic E-state index is 0.172. The first-order valence-electron chi connectivity index (χ1n) is 12.3. The van der Waals surface area contributed by atoms with Gasteiger partial charge in [-0.15, -0.1) is 0 Å². The summed E-state index contributed by atoms with van der Waals surface area (Å²) in [5, 5.41) is 15.4. The van der Waals surface area contributed by atoms with Gasteiger partial charge in [-0.2, -0.15) is 0 Å². The summed E-state index contributed by atoms with van der Waals surface area (Å²) in [5.41, 5.74) is 4.05. The van der Waals surface area contributed by atoms with Gasteiger partial charge in [-0.3, -0.25) is 20.1 Å². The van der Waals surface area contributed by atoms with Crippen molar-refractivity contribution in [2.24, 2.45) is 5.92 Å². The summed E-state index contributed by atoms with van der Waals surface area (Å²) >= 11 is 0. The molecule has 0 radical (unpaired) electrons. The Kier molecular flexibility index (Phi) is 10.8. The lowest BCUT2D eigenvalue weighted by molar-refractivity contribution is -0.144. The average Bonchev–Trinajstić information content (AvgIpc) is 2.93. The fourth-order valence-electron chi connectivity index (χ4n) is 4.02. The first kappa shape index (κ1) is 28.0. The van der Waals surface area contributed by atoms with E-state index in [9.17, 15) is 9.59 Å². The molecule has 0 aliphatic carbocycles. The molecule has 2 heterocycles. The van der Waals surface area contributed by atoms with E-state index in [2.05, 4.69) is 44.2 Å². The number of piperidine rings is 1. The molecule has 37 heavy (non-hydrogen) atoms. The Morgan fingerprint density at radius 3 is 2.32 bits per heavy atom. The van der Waals surface area contributed by atoms with E-state index >= 15 is 0 Å². The van der Waals surface area contributed by atoms with Crippen LogP contribution >= 0.6 is 0 Å². The number of esters is 1. The van der Waals surface area contributed by atoms with Gasteiger partial charge in [0.15, 0.2) is 0 Å². The third-order valence-electron chi connectivity index (χ3n) is 6.22. The molecule has 200 valence electrons. The Balaban J connectivity index is 1.37. The van der Waals surface area contributed by atoms with Gasteiger partial charge >= 0.3 is 5.97 Å². The van der Waals surface area contributed by atoms with Crippen molar-refractivity contribution in [3.05, 3.63) is 65.7 Å². The van der Waals surface area contributed by atoms with E-state index in [1.165, 1.54) is 25.1 Å². The number of carbonyl (C=O) groups is 2. The lowest BCUT2D eigenvalue weighted by Gasteiger charge is -2.32. The zero-order valence-electron chi connectivity index (χ0n) is 21.4. The number of aromatic nitrogens is 2. The molecular formula is C26H36N6O5. The highest BCUT2D eigenvalue weighted by Crippen LogP contribution is 2.20. The molecule has 0 spiro atoms. The van der Waals surface area contributed by atoms with Gasteiger partial charge in [-0.25, -0.2) is 15.4 Å². The fourth-order valence-corrected chi connectivity index (χ4v) is 4.02. The number of benzene rings is 1. The number of methoxy groups -OCH3 is 1. The van der Waals surface area contributed by atoms with E-state index < -0.39 is 11.9 Å². The largest absolute Gasteiger partial charge is 0.497 e. The Hall–Kier alpha value is -3.54. The van der Waals surface area contributed by atoms with Crippen LogP contribution in [0.4, 0.5) is 5.95 Å². The van der Waals surface area contributed by atoms with Crippen LogP contribution < -0.4 is 21.0 Å². The minimum atomic E-state index is -0.626. The number of nitrogens with one attached hydrogen (secondary N) is 3. The quantitative estimate of drug-likeness (QED) is 0.136. The van der Waals surface area contributed by atoms with Crippen molar-refractivity contribution >= 4 is 17.8 Å². The molecule has 1 fully saturated rings. The van der Waals surface area contributed by atoms with Gasteiger partial charge in [0.1, 0.15) is 12.6 Å². The van der Waals surface area contributed by atoms with E-state index in [4.69, 9.17) is 14.7 Å². The maximum absolute atomic E-state index is 12.0. The van der Waals surface area contributed by atoms with Crippen molar-refractivity contribution in [2.45, 2.75) is 38.9 Å². The van der Waals surface area contributed by atoms with Gasteiger partial charge < -0.3 is 19.7 Å². The lowest BCUT2D eigenvalue weighted by Crippen LogP contribution is -2.40. The second-order valence-electron chi connectivity index (χ2n) is 9.06. The van der Waals surface area contributed by atoms with Crippen LogP contribution in [0.5, 0.6) is 0 Å². The molecule has 1 amide bonds. The molecule has 3 rings (SSSR count). The summed E-state index contributed by atoms with van der Waals surface area (Å²) in [4.78, 5) is 34.0. The van der Waals surface area contributed by atoms with Gasteiger partial charge in [0.05, 0.1) is 18.4 Å². The van der Waals surface area contributed by atoms with E-state index in [0.29, 0.717) is 24.2 Å². The van der Waals surface area contributed by atoms with Crippen LogP contribution in [0.15, 0.2) is 49.0 Å². The van der Waals surface area contributed by atoms with Crippen molar-refractivity contribution in [1.82, 2.24) is 26.1 Å². The number of ether oxygens (including phenoxy) is 2. The highest BCUT2D eigenvalue weighted by molar-refractivity contribution is 5.92. The number of hydroxylamine groups is 1. The Labute approximate surface area is 217 Å². The summed E-state index contributed by atoms with van der Waals surface area (Å²) in [6.45, 7) is 9.53. The lowest BCUT2D eigenvalue weighted by atomic mass is 9.97. The number of rotatable bonds is 13. The topological polar surface area (TPSA) is 138 Å². The molecule has 1 aliphatic heterocycles. The molecule has 0 bridgehead atoms. The van der Waals surface area contributed by atoms with Crippen LogP contribution in [0, 0.1) is 5.92 Å². The molecule has 0 unspecified atom stereocenters. The first-order valence-corrected chi connectivity index (χ1v) is 12.3. The molecule has 1 aromatic carbocycles. The van der Waals surface area contributed by atoms with Crippen molar-refractivity contribution in [3.63, 3.8) is 0 Å².